The predicted octanol–water partition coefficient (Wildman–Crippen LogP) is 3.28. The van der Waals surface area contributed by atoms with Gasteiger partial charge >= 0.3 is 0 Å². The van der Waals surface area contributed by atoms with Gasteiger partial charge in [0.05, 0.1) is 5.60 Å². The number of aliphatic hydroxyl groups excluding tert-OH is 1. The van der Waals surface area contributed by atoms with Gasteiger partial charge in [-0.3, -0.25) is 0 Å². The van der Waals surface area contributed by atoms with E-state index in [0.717, 1.165) is 44.9 Å². The van der Waals surface area contributed by atoms with E-state index in [1.165, 1.54) is 0 Å². The highest BCUT2D eigenvalue weighted by Crippen LogP contribution is 2.33. The second kappa shape index (κ2) is 10.1. The van der Waals surface area contributed by atoms with Crippen LogP contribution in [0.3, 0.4) is 0 Å². The van der Waals surface area contributed by atoms with Gasteiger partial charge in [0.25, 0.3) is 0 Å². The third-order valence-electron chi connectivity index (χ3n) is 3.24. The average Bonchev–Trinajstić information content (AvgIpc) is 2.18. The van der Waals surface area contributed by atoms with Gasteiger partial charge in [-0.15, -0.1) is 0 Å². The first kappa shape index (κ1) is 18.3. The Kier molecular flexibility index (Phi) is 11.5. The van der Waals surface area contributed by atoms with Crippen LogP contribution < -0.4 is 6.15 Å². The highest BCUT2D eigenvalue weighted by atomic mass is 16.3. The van der Waals surface area contributed by atoms with Crippen molar-refractivity contribution < 1.29 is 10.2 Å². The zero-order valence-electron chi connectivity index (χ0n) is 11.3. The first-order valence-corrected chi connectivity index (χ1v) is 6.47. The van der Waals surface area contributed by atoms with Gasteiger partial charge in [-0.1, -0.05) is 40.0 Å². The monoisotopic (exact) mass is 233 g/mol. The fraction of sp³-hybridized carbons (Fsp3) is 1.00. The van der Waals surface area contributed by atoms with Gasteiger partial charge in [-0.05, 0) is 31.6 Å². The van der Waals surface area contributed by atoms with Crippen LogP contribution in [0.15, 0.2) is 0 Å². The second-order valence-electron chi connectivity index (χ2n) is 4.60. The summed E-state index contributed by atoms with van der Waals surface area (Å²) in [6.07, 6.45) is 6.61. The Hall–Kier alpha value is -0.120. The van der Waals surface area contributed by atoms with Gasteiger partial charge in [0, 0.05) is 6.61 Å². The number of hydrogen-bond donors (Lipinski definition) is 3. The molecule has 16 heavy (non-hydrogen) atoms. The molecule has 0 heterocycles. The van der Waals surface area contributed by atoms with E-state index < -0.39 is 5.60 Å². The summed E-state index contributed by atoms with van der Waals surface area (Å²) in [5.41, 5.74) is -0.539. The number of aliphatic hydroxyl groups is 2. The summed E-state index contributed by atoms with van der Waals surface area (Å²) in [4.78, 5) is 0. The van der Waals surface area contributed by atoms with E-state index in [1.807, 2.05) is 0 Å². The molecular formula is C13H31NO2. The largest absolute Gasteiger partial charge is 0.396 e. The van der Waals surface area contributed by atoms with Crippen LogP contribution in [0.2, 0.25) is 0 Å². The van der Waals surface area contributed by atoms with Gasteiger partial charge in [-0.25, -0.2) is 0 Å². The summed E-state index contributed by atoms with van der Waals surface area (Å²) in [5.74, 6) is 0.271. The Balaban J connectivity index is 0. The van der Waals surface area contributed by atoms with Gasteiger partial charge in [-0.2, -0.15) is 0 Å². The Morgan fingerprint density at radius 3 is 1.75 bits per heavy atom. The van der Waals surface area contributed by atoms with Crippen molar-refractivity contribution in [3.8, 4) is 0 Å². The Bertz CT molecular complexity index is 139. The van der Waals surface area contributed by atoms with Crippen LogP contribution in [0.5, 0.6) is 0 Å². The number of hydrogen-bond acceptors (Lipinski definition) is 3. The van der Waals surface area contributed by atoms with Gasteiger partial charge in [0.1, 0.15) is 0 Å². The van der Waals surface area contributed by atoms with Crippen molar-refractivity contribution in [2.75, 3.05) is 6.61 Å². The fourth-order valence-electron chi connectivity index (χ4n) is 2.59. The normalized spacial score (nSPS) is 13.3. The van der Waals surface area contributed by atoms with Crippen molar-refractivity contribution in [2.24, 2.45) is 5.92 Å². The molecule has 0 amide bonds. The lowest BCUT2D eigenvalue weighted by Crippen LogP contribution is -2.38. The molecule has 3 heteroatoms. The third-order valence-corrected chi connectivity index (χ3v) is 3.24. The lowest BCUT2D eigenvalue weighted by molar-refractivity contribution is -0.0462. The predicted molar refractivity (Wildman–Crippen MR) is 69.9 cm³/mol. The molecule has 0 spiro atoms. The number of rotatable bonds is 9. The molecule has 5 N–H and O–H groups in total. The van der Waals surface area contributed by atoms with Crippen LogP contribution in [0.1, 0.15) is 65.7 Å². The van der Waals surface area contributed by atoms with Crippen molar-refractivity contribution in [2.45, 2.75) is 71.3 Å². The molecule has 0 aliphatic heterocycles. The molecule has 0 fully saturated rings. The first-order chi connectivity index (χ1) is 7.14. The smallest absolute Gasteiger partial charge is 0.0676 e. The van der Waals surface area contributed by atoms with E-state index in [1.54, 1.807) is 0 Å². The van der Waals surface area contributed by atoms with Crippen molar-refractivity contribution in [1.82, 2.24) is 6.15 Å². The molecule has 0 aliphatic carbocycles. The lowest BCUT2D eigenvalue weighted by Gasteiger charge is -2.36. The molecule has 0 aromatic carbocycles. The summed E-state index contributed by atoms with van der Waals surface area (Å²) in [5, 5.41) is 19.7. The second-order valence-corrected chi connectivity index (χ2v) is 4.60. The maximum absolute atomic E-state index is 10.6. The van der Waals surface area contributed by atoms with Crippen molar-refractivity contribution in [3.63, 3.8) is 0 Å². The minimum Gasteiger partial charge on any atom is -0.396 e. The summed E-state index contributed by atoms with van der Waals surface area (Å²) in [7, 11) is 0. The fourth-order valence-corrected chi connectivity index (χ4v) is 2.59. The van der Waals surface area contributed by atoms with Gasteiger partial charge in [0.15, 0.2) is 0 Å². The van der Waals surface area contributed by atoms with Gasteiger partial charge in [0.2, 0.25) is 0 Å². The molecule has 0 bridgehead atoms. The minimum atomic E-state index is -0.539. The van der Waals surface area contributed by atoms with E-state index in [0.29, 0.717) is 0 Å². The van der Waals surface area contributed by atoms with Gasteiger partial charge < -0.3 is 16.4 Å². The van der Waals surface area contributed by atoms with E-state index in [4.69, 9.17) is 5.11 Å². The Labute approximate surface area is 101 Å². The highest BCUT2D eigenvalue weighted by molar-refractivity contribution is 4.85. The molecule has 1 unspecified atom stereocenters. The SMILES string of the molecule is CCCC(CCO)C(O)(CCC)CCC.N. The van der Waals surface area contributed by atoms with Crippen molar-refractivity contribution in [3.05, 3.63) is 0 Å². The minimum absolute atomic E-state index is 0. The summed E-state index contributed by atoms with van der Waals surface area (Å²) < 4.78 is 0. The van der Waals surface area contributed by atoms with Crippen LogP contribution in [0.4, 0.5) is 0 Å². The Morgan fingerprint density at radius 2 is 1.44 bits per heavy atom. The van der Waals surface area contributed by atoms with E-state index in [9.17, 15) is 5.11 Å². The van der Waals surface area contributed by atoms with Crippen LogP contribution >= 0.6 is 0 Å². The average molecular weight is 233 g/mol. The molecule has 3 nitrogen and oxygen atoms in total. The third kappa shape index (κ3) is 5.83. The van der Waals surface area contributed by atoms with E-state index >= 15 is 0 Å². The lowest BCUT2D eigenvalue weighted by atomic mass is 9.76. The van der Waals surface area contributed by atoms with Crippen LogP contribution in [0, 0.1) is 5.92 Å². The topological polar surface area (TPSA) is 75.5 Å². The molecule has 0 aromatic rings. The zero-order chi connectivity index (χ0) is 11.7. The molecule has 0 radical (unpaired) electrons. The van der Waals surface area contributed by atoms with Crippen LogP contribution in [0.25, 0.3) is 0 Å². The molecule has 100 valence electrons. The molecule has 0 rings (SSSR count). The summed E-state index contributed by atoms with van der Waals surface area (Å²) >= 11 is 0. The quantitative estimate of drug-likeness (QED) is 0.572. The van der Waals surface area contributed by atoms with E-state index in [2.05, 4.69) is 20.8 Å². The summed E-state index contributed by atoms with van der Waals surface area (Å²) in [6.45, 7) is 6.56. The first-order valence-electron chi connectivity index (χ1n) is 6.47. The summed E-state index contributed by atoms with van der Waals surface area (Å²) in [6, 6.07) is 0. The maximum atomic E-state index is 10.6. The van der Waals surface area contributed by atoms with Crippen molar-refractivity contribution in [1.29, 1.82) is 0 Å². The zero-order valence-corrected chi connectivity index (χ0v) is 11.3. The van der Waals surface area contributed by atoms with Crippen LogP contribution in [-0.4, -0.2) is 22.4 Å². The molecule has 1 atom stereocenters. The molecule has 0 aliphatic rings. The standard InChI is InChI=1S/C13H28O2.H3N/c1-4-7-12(8-11-14)13(15,9-5-2)10-6-3;/h12,14-15H,4-11H2,1-3H3;1H3. The van der Waals surface area contributed by atoms with Crippen LogP contribution in [-0.2, 0) is 0 Å². The maximum Gasteiger partial charge on any atom is 0.0676 e. The molecular weight excluding hydrogens is 202 g/mol. The Morgan fingerprint density at radius 1 is 0.938 bits per heavy atom. The highest BCUT2D eigenvalue weighted by Gasteiger charge is 2.33. The molecule has 0 saturated heterocycles. The molecule has 0 saturated carbocycles. The molecule has 0 aromatic heterocycles. The van der Waals surface area contributed by atoms with E-state index in [-0.39, 0.29) is 18.7 Å². The van der Waals surface area contributed by atoms with Crippen molar-refractivity contribution >= 4 is 0 Å².